The number of fused-ring (bicyclic) bond motifs is 1. The molecule has 0 fully saturated rings. The maximum atomic E-state index is 12.3. The summed E-state index contributed by atoms with van der Waals surface area (Å²) in [5.41, 5.74) is -0.109. The van der Waals surface area contributed by atoms with Crippen LogP contribution in [0.5, 0.6) is 0 Å². The third kappa shape index (κ3) is 2.72. The van der Waals surface area contributed by atoms with Crippen molar-refractivity contribution in [1.29, 1.82) is 0 Å². The van der Waals surface area contributed by atoms with Crippen molar-refractivity contribution < 1.29 is 13.2 Å². The Kier molecular flexibility index (Phi) is 4.03. The van der Waals surface area contributed by atoms with Gasteiger partial charge in [0.2, 0.25) is 0 Å². The van der Waals surface area contributed by atoms with E-state index in [4.69, 9.17) is 11.6 Å². The molecule has 2 aromatic heterocycles. The molecule has 0 atom stereocenters. The van der Waals surface area contributed by atoms with E-state index < -0.39 is 11.9 Å². The SMILES string of the molecule is CC.Cc1ccn2cc(C(F)(F)F)nc2c1Cl. The second kappa shape index (κ2) is 4.96. The smallest absolute Gasteiger partial charge is 0.305 e. The number of aromatic nitrogens is 2. The fraction of sp³-hybridized carbons (Fsp3) is 0.364. The van der Waals surface area contributed by atoms with Crippen LogP contribution in [0.3, 0.4) is 0 Å². The molecule has 0 aromatic carbocycles. The first-order valence-corrected chi connectivity index (χ1v) is 5.48. The van der Waals surface area contributed by atoms with E-state index >= 15 is 0 Å². The van der Waals surface area contributed by atoms with Crippen molar-refractivity contribution in [2.24, 2.45) is 0 Å². The summed E-state index contributed by atoms with van der Waals surface area (Å²) in [4.78, 5) is 3.45. The van der Waals surface area contributed by atoms with Crippen molar-refractivity contribution in [3.8, 4) is 0 Å². The van der Waals surface area contributed by atoms with Gasteiger partial charge in [-0.15, -0.1) is 0 Å². The summed E-state index contributed by atoms with van der Waals surface area (Å²) in [5.74, 6) is 0. The Morgan fingerprint density at radius 3 is 2.41 bits per heavy atom. The van der Waals surface area contributed by atoms with Crippen LogP contribution in [0.2, 0.25) is 5.02 Å². The number of halogens is 4. The average molecular weight is 265 g/mol. The fourth-order valence-corrected chi connectivity index (χ4v) is 1.45. The molecule has 0 saturated heterocycles. The molecule has 17 heavy (non-hydrogen) atoms. The summed E-state index contributed by atoms with van der Waals surface area (Å²) in [6.45, 7) is 5.71. The minimum Gasteiger partial charge on any atom is -0.305 e. The lowest BCUT2D eigenvalue weighted by molar-refractivity contribution is -0.140. The highest BCUT2D eigenvalue weighted by Crippen LogP contribution is 2.30. The number of hydrogen-bond donors (Lipinski definition) is 0. The molecule has 0 amide bonds. The number of aryl methyl sites for hydroxylation is 1. The summed E-state index contributed by atoms with van der Waals surface area (Å²) >= 11 is 5.84. The highest BCUT2D eigenvalue weighted by Gasteiger charge is 2.34. The first-order valence-electron chi connectivity index (χ1n) is 5.10. The Morgan fingerprint density at radius 2 is 1.88 bits per heavy atom. The van der Waals surface area contributed by atoms with Crippen LogP contribution in [0.1, 0.15) is 25.1 Å². The number of nitrogens with zero attached hydrogens (tertiary/aromatic N) is 2. The molecule has 2 heterocycles. The van der Waals surface area contributed by atoms with Crippen molar-refractivity contribution in [2.75, 3.05) is 0 Å². The predicted molar refractivity (Wildman–Crippen MR) is 61.3 cm³/mol. The van der Waals surface area contributed by atoms with Gasteiger partial charge in [-0.1, -0.05) is 25.4 Å². The zero-order valence-electron chi connectivity index (χ0n) is 9.64. The third-order valence-electron chi connectivity index (χ3n) is 2.05. The van der Waals surface area contributed by atoms with Gasteiger partial charge in [-0.05, 0) is 18.6 Å². The number of alkyl halides is 3. The van der Waals surface area contributed by atoms with Gasteiger partial charge in [-0.3, -0.25) is 0 Å². The molecular formula is C11H12ClF3N2. The highest BCUT2D eigenvalue weighted by atomic mass is 35.5. The molecule has 0 aliphatic rings. The Balaban J connectivity index is 0.000000686. The molecule has 0 N–H and O–H groups in total. The predicted octanol–water partition coefficient (Wildman–Crippen LogP) is 4.34. The van der Waals surface area contributed by atoms with Gasteiger partial charge in [0, 0.05) is 12.4 Å². The fourth-order valence-electron chi connectivity index (χ4n) is 1.25. The summed E-state index contributed by atoms with van der Waals surface area (Å²) < 4.78 is 38.3. The molecule has 0 saturated carbocycles. The third-order valence-corrected chi connectivity index (χ3v) is 2.52. The van der Waals surface area contributed by atoms with Gasteiger partial charge in [0.1, 0.15) is 0 Å². The van der Waals surface area contributed by atoms with E-state index in [1.807, 2.05) is 13.8 Å². The first-order chi connectivity index (χ1) is 7.89. The molecule has 94 valence electrons. The molecule has 0 unspecified atom stereocenters. The van der Waals surface area contributed by atoms with E-state index in [0.717, 1.165) is 6.20 Å². The Bertz CT molecular complexity index is 517. The molecule has 2 nitrogen and oxygen atoms in total. The summed E-state index contributed by atoms with van der Waals surface area (Å²) in [5, 5.41) is 0.244. The van der Waals surface area contributed by atoms with Gasteiger partial charge in [0.05, 0.1) is 5.02 Å². The van der Waals surface area contributed by atoms with Gasteiger partial charge in [0.15, 0.2) is 11.3 Å². The van der Waals surface area contributed by atoms with Crippen molar-refractivity contribution >= 4 is 17.2 Å². The zero-order chi connectivity index (χ0) is 13.2. The molecule has 0 radical (unpaired) electrons. The lowest BCUT2D eigenvalue weighted by Crippen LogP contribution is -2.04. The number of pyridine rings is 1. The Morgan fingerprint density at radius 1 is 1.29 bits per heavy atom. The van der Waals surface area contributed by atoms with Crippen LogP contribution in [0.15, 0.2) is 18.5 Å². The molecular weight excluding hydrogens is 253 g/mol. The minimum absolute atomic E-state index is 0.129. The van der Waals surface area contributed by atoms with Crippen LogP contribution >= 0.6 is 11.6 Å². The second-order valence-corrected chi connectivity index (χ2v) is 3.55. The van der Waals surface area contributed by atoms with Gasteiger partial charge in [0.25, 0.3) is 0 Å². The van der Waals surface area contributed by atoms with Gasteiger partial charge in [-0.2, -0.15) is 13.2 Å². The van der Waals surface area contributed by atoms with Gasteiger partial charge in [-0.25, -0.2) is 4.98 Å². The summed E-state index contributed by atoms with van der Waals surface area (Å²) in [6.07, 6.45) is -2.03. The summed E-state index contributed by atoms with van der Waals surface area (Å²) in [6, 6.07) is 1.64. The van der Waals surface area contributed by atoms with Crippen molar-refractivity contribution in [1.82, 2.24) is 9.38 Å². The first kappa shape index (κ1) is 13.8. The minimum atomic E-state index is -4.44. The average Bonchev–Trinajstić information content (AvgIpc) is 2.71. The van der Waals surface area contributed by atoms with Crippen LogP contribution in [0.4, 0.5) is 13.2 Å². The lowest BCUT2D eigenvalue weighted by Gasteiger charge is -1.98. The van der Waals surface area contributed by atoms with Crippen molar-refractivity contribution in [3.05, 3.63) is 34.7 Å². The van der Waals surface area contributed by atoms with Gasteiger partial charge < -0.3 is 4.40 Å². The van der Waals surface area contributed by atoms with Crippen molar-refractivity contribution in [2.45, 2.75) is 26.9 Å². The number of hydrogen-bond acceptors (Lipinski definition) is 1. The molecule has 0 spiro atoms. The largest absolute Gasteiger partial charge is 0.434 e. The molecule has 6 heteroatoms. The molecule has 2 aromatic rings. The van der Waals surface area contributed by atoms with E-state index in [2.05, 4.69) is 4.98 Å². The standard InChI is InChI=1S/C9H6ClF3N2.C2H6/c1-5-2-3-15-4-6(9(11,12)13)14-8(15)7(5)10;1-2/h2-4H,1H3;1-2H3. The monoisotopic (exact) mass is 264 g/mol. The number of rotatable bonds is 0. The van der Waals surface area contributed by atoms with E-state index in [0.29, 0.717) is 5.56 Å². The van der Waals surface area contributed by atoms with Crippen LogP contribution < -0.4 is 0 Å². The van der Waals surface area contributed by atoms with Crippen LogP contribution in [0.25, 0.3) is 5.65 Å². The highest BCUT2D eigenvalue weighted by molar-refractivity contribution is 6.34. The molecule has 2 rings (SSSR count). The zero-order valence-corrected chi connectivity index (χ0v) is 10.4. The van der Waals surface area contributed by atoms with E-state index in [-0.39, 0.29) is 10.7 Å². The molecule has 0 bridgehead atoms. The quantitative estimate of drug-likeness (QED) is 0.692. The molecule has 0 aliphatic carbocycles. The normalized spacial score (nSPS) is 11.2. The topological polar surface area (TPSA) is 17.3 Å². The van der Waals surface area contributed by atoms with Crippen LogP contribution in [-0.4, -0.2) is 9.38 Å². The maximum Gasteiger partial charge on any atom is 0.434 e. The van der Waals surface area contributed by atoms with E-state index in [1.165, 1.54) is 10.6 Å². The van der Waals surface area contributed by atoms with E-state index in [9.17, 15) is 13.2 Å². The Labute approximate surface area is 102 Å². The number of imidazole rings is 1. The Hall–Kier alpha value is -1.23. The second-order valence-electron chi connectivity index (χ2n) is 3.17. The maximum absolute atomic E-state index is 12.3. The lowest BCUT2D eigenvalue weighted by atomic mass is 10.3. The van der Waals surface area contributed by atoms with Crippen LogP contribution in [-0.2, 0) is 6.18 Å². The van der Waals surface area contributed by atoms with Crippen LogP contribution in [0, 0.1) is 6.92 Å². The summed E-state index contributed by atoms with van der Waals surface area (Å²) in [7, 11) is 0. The van der Waals surface area contributed by atoms with Gasteiger partial charge >= 0.3 is 6.18 Å². The van der Waals surface area contributed by atoms with Crippen molar-refractivity contribution in [3.63, 3.8) is 0 Å². The van der Waals surface area contributed by atoms with E-state index in [1.54, 1.807) is 13.0 Å². The molecule has 0 aliphatic heterocycles.